The normalized spacial score (nSPS) is 20.8. The molecule has 2 aromatic rings. The summed E-state index contributed by atoms with van der Waals surface area (Å²) in [4.78, 5) is 9.37. The predicted octanol–water partition coefficient (Wildman–Crippen LogP) is 1.63. The minimum absolute atomic E-state index is 0.0600. The molecule has 0 unspecified atom stereocenters. The van der Waals surface area contributed by atoms with Crippen molar-refractivity contribution in [3.63, 3.8) is 0 Å². The second kappa shape index (κ2) is 8.95. The molecule has 3 heterocycles. The van der Waals surface area contributed by atoms with Crippen LogP contribution in [0, 0.1) is 0 Å². The van der Waals surface area contributed by atoms with E-state index in [1.54, 1.807) is 6.20 Å². The van der Waals surface area contributed by atoms with Crippen LogP contribution in [0.4, 0.5) is 0 Å². The first-order valence-electron chi connectivity index (χ1n) is 10.3. The number of nitrogens with zero attached hydrogens (tertiary/aromatic N) is 4. The van der Waals surface area contributed by atoms with Gasteiger partial charge in [0.25, 0.3) is 0 Å². The summed E-state index contributed by atoms with van der Waals surface area (Å²) in [7, 11) is -1.99. The van der Waals surface area contributed by atoms with Crippen LogP contribution in [0.5, 0.6) is 0 Å². The van der Waals surface area contributed by atoms with Gasteiger partial charge in [-0.2, -0.15) is 0 Å². The van der Waals surface area contributed by atoms with Crippen LogP contribution < -0.4 is 0 Å². The van der Waals surface area contributed by atoms with Crippen LogP contribution >= 0.6 is 0 Å². The lowest BCUT2D eigenvalue weighted by Crippen LogP contribution is -2.49. The first-order valence-corrected chi connectivity index (χ1v) is 12.0. The molecule has 1 aromatic carbocycles. The van der Waals surface area contributed by atoms with Gasteiger partial charge in [0.05, 0.1) is 30.8 Å². The highest BCUT2D eigenvalue weighted by Gasteiger charge is 2.31. The number of ether oxygens (including phenoxy) is 1. The van der Waals surface area contributed by atoms with Crippen LogP contribution in [-0.4, -0.2) is 79.5 Å². The zero-order chi connectivity index (χ0) is 20.3. The number of piperazine rings is 1. The van der Waals surface area contributed by atoms with Crippen molar-refractivity contribution < 1.29 is 13.2 Å². The Balaban J connectivity index is 1.59. The summed E-state index contributed by atoms with van der Waals surface area (Å²) in [6.07, 6.45) is 4.28. The molecule has 0 radical (unpaired) electrons. The SMILES string of the molecule is COCCS(=O)(=O)c1ncc(CN2CCN3CCC[C@@H]3C2)n1Cc1ccccc1. The Morgan fingerprint density at radius 2 is 1.97 bits per heavy atom. The zero-order valence-corrected chi connectivity index (χ0v) is 17.9. The molecule has 7 nitrogen and oxygen atoms in total. The molecule has 0 aliphatic carbocycles. The molecule has 2 aliphatic rings. The molecular formula is C21H30N4O3S. The molecule has 0 bridgehead atoms. The van der Waals surface area contributed by atoms with Crippen LogP contribution in [0.2, 0.25) is 0 Å². The van der Waals surface area contributed by atoms with E-state index in [0.717, 1.165) is 37.4 Å². The largest absolute Gasteiger partial charge is 0.384 e. The van der Waals surface area contributed by atoms with Crippen LogP contribution in [0.25, 0.3) is 0 Å². The molecule has 1 atom stereocenters. The Morgan fingerprint density at radius 1 is 1.14 bits per heavy atom. The molecule has 158 valence electrons. The van der Waals surface area contributed by atoms with Gasteiger partial charge in [0.15, 0.2) is 0 Å². The van der Waals surface area contributed by atoms with E-state index < -0.39 is 9.84 Å². The van der Waals surface area contributed by atoms with Gasteiger partial charge in [-0.3, -0.25) is 9.80 Å². The second-order valence-corrected chi connectivity index (χ2v) is 9.99. The van der Waals surface area contributed by atoms with E-state index in [2.05, 4.69) is 14.8 Å². The van der Waals surface area contributed by atoms with E-state index in [4.69, 9.17) is 4.74 Å². The number of sulfone groups is 1. The molecule has 0 spiro atoms. The monoisotopic (exact) mass is 418 g/mol. The Morgan fingerprint density at radius 3 is 2.76 bits per heavy atom. The van der Waals surface area contributed by atoms with Crippen molar-refractivity contribution in [2.75, 3.05) is 45.6 Å². The molecule has 0 amide bonds. The highest BCUT2D eigenvalue weighted by atomic mass is 32.2. The molecule has 2 saturated heterocycles. The summed E-state index contributed by atoms with van der Waals surface area (Å²) < 4.78 is 32.6. The van der Waals surface area contributed by atoms with Crippen molar-refractivity contribution in [1.82, 2.24) is 19.4 Å². The van der Waals surface area contributed by atoms with Crippen molar-refractivity contribution in [3.8, 4) is 0 Å². The molecular weight excluding hydrogens is 388 g/mol. The van der Waals surface area contributed by atoms with Gasteiger partial charge < -0.3 is 9.30 Å². The molecule has 8 heteroatoms. The number of hydrogen-bond donors (Lipinski definition) is 0. The lowest BCUT2D eigenvalue weighted by atomic mass is 10.1. The molecule has 29 heavy (non-hydrogen) atoms. The highest BCUT2D eigenvalue weighted by molar-refractivity contribution is 7.91. The third-order valence-electron chi connectivity index (χ3n) is 5.98. The van der Waals surface area contributed by atoms with Gasteiger partial charge >= 0.3 is 0 Å². The number of benzene rings is 1. The van der Waals surface area contributed by atoms with Gasteiger partial charge in [0, 0.05) is 39.3 Å². The van der Waals surface area contributed by atoms with Crippen molar-refractivity contribution >= 4 is 9.84 Å². The van der Waals surface area contributed by atoms with Gasteiger partial charge in [-0.25, -0.2) is 13.4 Å². The first kappa shape index (κ1) is 20.5. The zero-order valence-electron chi connectivity index (χ0n) is 17.0. The number of hydrogen-bond acceptors (Lipinski definition) is 6. The van der Waals surface area contributed by atoms with E-state index in [9.17, 15) is 8.42 Å². The van der Waals surface area contributed by atoms with Gasteiger partial charge in [0.1, 0.15) is 0 Å². The molecule has 0 N–H and O–H groups in total. The summed E-state index contributed by atoms with van der Waals surface area (Å²) >= 11 is 0. The van der Waals surface area contributed by atoms with Crippen molar-refractivity contribution in [3.05, 3.63) is 47.8 Å². The van der Waals surface area contributed by atoms with Crippen LogP contribution in [0.3, 0.4) is 0 Å². The predicted molar refractivity (Wildman–Crippen MR) is 112 cm³/mol. The smallest absolute Gasteiger partial charge is 0.228 e. The number of fused-ring (bicyclic) bond motifs is 1. The van der Waals surface area contributed by atoms with Crippen LogP contribution in [-0.2, 0) is 27.7 Å². The minimum Gasteiger partial charge on any atom is -0.384 e. The van der Waals surface area contributed by atoms with Crippen molar-refractivity contribution in [1.29, 1.82) is 0 Å². The minimum atomic E-state index is -3.51. The Bertz CT molecular complexity index is 913. The fourth-order valence-electron chi connectivity index (χ4n) is 4.41. The summed E-state index contributed by atoms with van der Waals surface area (Å²) in [6.45, 7) is 5.76. The van der Waals surface area contributed by atoms with Gasteiger partial charge in [-0.05, 0) is 24.9 Å². The summed E-state index contributed by atoms with van der Waals surface area (Å²) in [5, 5.41) is 0.146. The molecule has 1 aromatic heterocycles. The topological polar surface area (TPSA) is 67.7 Å². The number of imidazole rings is 1. The lowest BCUT2D eigenvalue weighted by Gasteiger charge is -2.37. The van der Waals surface area contributed by atoms with Crippen molar-refractivity contribution in [2.45, 2.75) is 37.1 Å². The number of rotatable bonds is 8. The molecule has 0 saturated carbocycles. The quantitative estimate of drug-likeness (QED) is 0.649. The van der Waals surface area contributed by atoms with E-state index in [1.807, 2.05) is 34.9 Å². The maximum absolute atomic E-state index is 12.9. The third kappa shape index (κ3) is 4.71. The third-order valence-corrected chi connectivity index (χ3v) is 7.56. The van der Waals surface area contributed by atoms with Gasteiger partial charge in [-0.1, -0.05) is 30.3 Å². The van der Waals surface area contributed by atoms with Crippen LogP contribution in [0.1, 0.15) is 24.1 Å². The number of aromatic nitrogens is 2. The standard InChI is InChI=1S/C21H30N4O3S/c1-28-12-13-29(26,27)21-22-14-20(25(21)15-18-6-3-2-4-7-18)17-23-10-11-24-9-5-8-19(24)16-23/h2-4,6-7,14,19H,5,8-13,15-17H2,1H3/t19-/m1/s1. The van der Waals surface area contributed by atoms with E-state index in [-0.39, 0.29) is 17.5 Å². The molecule has 4 rings (SSSR count). The second-order valence-electron chi connectivity index (χ2n) is 7.98. The molecule has 2 fully saturated rings. The number of methoxy groups -OCH3 is 1. The highest BCUT2D eigenvalue weighted by Crippen LogP contribution is 2.24. The maximum atomic E-state index is 12.9. The maximum Gasteiger partial charge on any atom is 0.228 e. The Labute approximate surface area is 173 Å². The molecule has 2 aliphatic heterocycles. The van der Waals surface area contributed by atoms with Gasteiger partial charge in [-0.15, -0.1) is 0 Å². The van der Waals surface area contributed by atoms with E-state index in [0.29, 0.717) is 12.6 Å². The average molecular weight is 419 g/mol. The summed E-state index contributed by atoms with van der Waals surface area (Å²) in [6, 6.07) is 10.6. The first-order chi connectivity index (χ1) is 14.1. The average Bonchev–Trinajstić information content (AvgIpc) is 3.34. The Kier molecular flexibility index (Phi) is 6.34. The van der Waals surface area contributed by atoms with Crippen LogP contribution in [0.15, 0.2) is 41.7 Å². The fraction of sp³-hybridized carbons (Fsp3) is 0.571. The fourth-order valence-corrected chi connectivity index (χ4v) is 5.71. The lowest BCUT2D eigenvalue weighted by molar-refractivity contribution is 0.0975. The van der Waals surface area contributed by atoms with Gasteiger partial charge in [0.2, 0.25) is 15.0 Å². The van der Waals surface area contributed by atoms with Crippen molar-refractivity contribution in [2.24, 2.45) is 0 Å². The van der Waals surface area contributed by atoms with E-state index >= 15 is 0 Å². The summed E-state index contributed by atoms with van der Waals surface area (Å²) in [5.74, 6) is -0.0600. The van der Waals surface area contributed by atoms with E-state index in [1.165, 1.54) is 26.5 Å². The summed E-state index contributed by atoms with van der Waals surface area (Å²) in [5.41, 5.74) is 2.02. The Hall–Kier alpha value is -1.74.